The van der Waals surface area contributed by atoms with E-state index in [1.165, 1.54) is 43.0 Å². The second-order valence-corrected chi connectivity index (χ2v) is 15.4. The van der Waals surface area contributed by atoms with Crippen LogP contribution in [-0.2, 0) is 22.5 Å². The number of rotatable bonds is 6. The van der Waals surface area contributed by atoms with Crippen LogP contribution in [0, 0.1) is 0 Å². The van der Waals surface area contributed by atoms with Gasteiger partial charge in [-0.15, -0.1) is 0 Å². The fraction of sp³-hybridized carbons (Fsp3) is 0.0769. The molecule has 215 valence electrons. The predicted octanol–water partition coefficient (Wildman–Crippen LogP) is 7.63. The molecular weight excluding hydrogens is 610 g/mol. The van der Waals surface area contributed by atoms with Gasteiger partial charge in [0.15, 0.2) is 0 Å². The summed E-state index contributed by atoms with van der Waals surface area (Å²) in [5.41, 5.74) is 2.26. The van der Waals surface area contributed by atoms with Crippen LogP contribution in [0.3, 0.4) is 0 Å². The van der Waals surface area contributed by atoms with E-state index in [0.29, 0.717) is 0 Å². The Kier molecular flexibility index (Phi) is 8.68. The molecule has 0 aromatic heterocycles. The average molecular weight is 642 g/mol. The van der Waals surface area contributed by atoms with E-state index in [0.717, 1.165) is 11.5 Å². The minimum Gasteiger partial charge on any atom is -0.455 e. The van der Waals surface area contributed by atoms with Crippen LogP contribution in [0.4, 0.5) is 0 Å². The van der Waals surface area contributed by atoms with Crippen molar-refractivity contribution >= 4 is 47.7 Å². The molecule has 43 heavy (non-hydrogen) atoms. The molecular formula is C39H32CuOP2. The molecule has 0 spiro atoms. The van der Waals surface area contributed by atoms with E-state index in [2.05, 4.69) is 172 Å². The maximum Gasteiger partial charge on any atom is 0.139 e. The minimum absolute atomic E-state index is 0. The standard InChI is InChI=1S/C39H32OP2.Cu/c1-39(2)33-25-15-27-35(41(29-17-7-3-8-18-29)30-19-9-4-10-20-30)37(33)40-38-34(39)26-16-28-36(38)42(31-21-11-5-12-22-31)32-23-13-6-14-24-32;/h3-28H,1-2H3;. The Morgan fingerprint density at radius 1 is 0.395 bits per heavy atom. The quantitative estimate of drug-likeness (QED) is 0.134. The van der Waals surface area contributed by atoms with Gasteiger partial charge in [-0.1, -0.05) is 172 Å². The van der Waals surface area contributed by atoms with Crippen LogP contribution in [0.15, 0.2) is 158 Å². The minimum atomic E-state index is -0.824. The molecule has 1 heterocycles. The topological polar surface area (TPSA) is 9.23 Å². The van der Waals surface area contributed by atoms with Crippen molar-refractivity contribution in [3.05, 3.63) is 169 Å². The van der Waals surface area contributed by atoms with E-state index in [1.807, 2.05) is 0 Å². The van der Waals surface area contributed by atoms with Crippen molar-refractivity contribution in [1.82, 2.24) is 0 Å². The zero-order valence-electron chi connectivity index (χ0n) is 24.1. The second-order valence-electron chi connectivity index (χ2n) is 11.0. The first-order valence-electron chi connectivity index (χ1n) is 14.4. The Bertz CT molecular complexity index is 1610. The molecule has 4 heteroatoms. The molecule has 0 bridgehead atoms. The van der Waals surface area contributed by atoms with Crippen LogP contribution in [0.1, 0.15) is 25.0 Å². The summed E-state index contributed by atoms with van der Waals surface area (Å²) in [5, 5.41) is 7.81. The van der Waals surface area contributed by atoms with Gasteiger partial charge in [0.05, 0.1) is 0 Å². The van der Waals surface area contributed by atoms with Gasteiger partial charge in [0.25, 0.3) is 0 Å². The number of fused-ring (bicyclic) bond motifs is 2. The Hall–Kier alpha value is -3.50. The number of ether oxygens (including phenoxy) is 1. The van der Waals surface area contributed by atoms with Gasteiger partial charge in [0.1, 0.15) is 11.5 Å². The molecule has 0 atom stereocenters. The van der Waals surface area contributed by atoms with Crippen molar-refractivity contribution in [3.63, 3.8) is 0 Å². The first kappa shape index (κ1) is 29.6. The predicted molar refractivity (Wildman–Crippen MR) is 182 cm³/mol. The number of hydrogen-bond donors (Lipinski definition) is 0. The van der Waals surface area contributed by atoms with Crippen LogP contribution >= 0.6 is 15.8 Å². The zero-order chi connectivity index (χ0) is 28.5. The molecule has 0 aliphatic carbocycles. The molecule has 1 radical (unpaired) electrons. The first-order chi connectivity index (χ1) is 20.6. The fourth-order valence-corrected chi connectivity index (χ4v) is 10.8. The van der Waals surface area contributed by atoms with E-state index >= 15 is 0 Å². The third kappa shape index (κ3) is 5.51. The van der Waals surface area contributed by atoms with Crippen LogP contribution in [0.25, 0.3) is 0 Å². The van der Waals surface area contributed by atoms with Crippen molar-refractivity contribution in [1.29, 1.82) is 0 Å². The third-order valence-electron chi connectivity index (χ3n) is 8.08. The van der Waals surface area contributed by atoms with Gasteiger partial charge in [0, 0.05) is 44.2 Å². The van der Waals surface area contributed by atoms with E-state index in [4.69, 9.17) is 4.74 Å². The average Bonchev–Trinajstić information content (AvgIpc) is 3.04. The molecule has 1 aliphatic rings. The molecule has 0 amide bonds. The van der Waals surface area contributed by atoms with Crippen molar-refractivity contribution in [2.75, 3.05) is 0 Å². The molecule has 0 saturated heterocycles. The second kappa shape index (κ2) is 12.6. The maximum atomic E-state index is 7.26. The summed E-state index contributed by atoms with van der Waals surface area (Å²) in [6, 6.07) is 57.2. The summed E-state index contributed by atoms with van der Waals surface area (Å²) < 4.78 is 7.26. The van der Waals surface area contributed by atoms with Crippen LogP contribution in [-0.4, -0.2) is 0 Å². The van der Waals surface area contributed by atoms with Crippen LogP contribution in [0.2, 0.25) is 0 Å². The fourth-order valence-electron chi connectivity index (χ4n) is 6.01. The van der Waals surface area contributed by atoms with E-state index < -0.39 is 15.8 Å². The van der Waals surface area contributed by atoms with Crippen LogP contribution < -0.4 is 36.6 Å². The van der Waals surface area contributed by atoms with Gasteiger partial charge in [-0.25, -0.2) is 0 Å². The summed E-state index contributed by atoms with van der Waals surface area (Å²) in [4.78, 5) is 0. The Balaban J connectivity index is 0.00000329. The Labute approximate surface area is 268 Å². The van der Waals surface area contributed by atoms with Gasteiger partial charge in [-0.2, -0.15) is 0 Å². The largest absolute Gasteiger partial charge is 0.455 e. The molecule has 0 saturated carbocycles. The zero-order valence-corrected chi connectivity index (χ0v) is 26.8. The van der Waals surface area contributed by atoms with Crippen molar-refractivity contribution in [3.8, 4) is 11.5 Å². The summed E-state index contributed by atoms with van der Waals surface area (Å²) in [7, 11) is -1.65. The molecule has 6 aromatic carbocycles. The van der Waals surface area contributed by atoms with Gasteiger partial charge in [-0.05, 0) is 37.1 Å². The molecule has 7 rings (SSSR count). The molecule has 0 unspecified atom stereocenters. The first-order valence-corrected chi connectivity index (χ1v) is 17.1. The Morgan fingerprint density at radius 2 is 0.698 bits per heavy atom. The SMILES string of the molecule is CC1(C)c2cccc(P(c3ccccc3)c3ccccc3)c2Oc2c(P(c3ccccc3)c3ccccc3)cccc21.[Cu]. The summed E-state index contributed by atoms with van der Waals surface area (Å²) in [6.45, 7) is 4.70. The summed E-state index contributed by atoms with van der Waals surface area (Å²) in [6.07, 6.45) is 0. The normalized spacial score (nSPS) is 13.0. The molecule has 1 aliphatic heterocycles. The van der Waals surface area contributed by atoms with Gasteiger partial charge >= 0.3 is 0 Å². The number of benzene rings is 6. The van der Waals surface area contributed by atoms with Crippen molar-refractivity contribution < 1.29 is 21.8 Å². The van der Waals surface area contributed by atoms with Gasteiger partial charge in [0.2, 0.25) is 0 Å². The molecule has 0 N–H and O–H groups in total. The van der Waals surface area contributed by atoms with E-state index in [-0.39, 0.29) is 22.5 Å². The third-order valence-corrected chi connectivity index (χ3v) is 13.0. The monoisotopic (exact) mass is 641 g/mol. The molecule has 0 fully saturated rings. The van der Waals surface area contributed by atoms with E-state index in [1.54, 1.807) is 0 Å². The molecule has 1 nitrogen and oxygen atoms in total. The van der Waals surface area contributed by atoms with Crippen LogP contribution in [0.5, 0.6) is 11.5 Å². The van der Waals surface area contributed by atoms with Gasteiger partial charge in [-0.3, -0.25) is 0 Å². The summed E-state index contributed by atoms with van der Waals surface area (Å²) >= 11 is 0. The van der Waals surface area contributed by atoms with Crippen molar-refractivity contribution in [2.45, 2.75) is 19.3 Å². The molecule has 6 aromatic rings. The van der Waals surface area contributed by atoms with Gasteiger partial charge < -0.3 is 4.74 Å². The Morgan fingerprint density at radius 3 is 1.00 bits per heavy atom. The van der Waals surface area contributed by atoms with E-state index in [9.17, 15) is 0 Å². The number of hydrogen-bond acceptors (Lipinski definition) is 1. The number of para-hydroxylation sites is 2. The van der Waals surface area contributed by atoms with Crippen molar-refractivity contribution in [2.24, 2.45) is 0 Å². The smallest absolute Gasteiger partial charge is 0.139 e. The summed E-state index contributed by atoms with van der Waals surface area (Å²) in [5.74, 6) is 2.02. The maximum absolute atomic E-state index is 7.26.